The molecule has 1 aliphatic rings. The molecule has 1 amide bonds. The molecule has 128 valence electrons. The molecule has 0 aliphatic carbocycles. The highest BCUT2D eigenvalue weighted by molar-refractivity contribution is 5.68. The van der Waals surface area contributed by atoms with Crippen molar-refractivity contribution in [3.05, 3.63) is 35.4 Å². The van der Waals surface area contributed by atoms with Gasteiger partial charge in [-0.05, 0) is 46.2 Å². The number of nitrogens with zero attached hydrogens (tertiary/aromatic N) is 1. The van der Waals surface area contributed by atoms with E-state index in [1.54, 1.807) is 18.0 Å². The summed E-state index contributed by atoms with van der Waals surface area (Å²) in [7, 11) is 1.71. The van der Waals surface area contributed by atoms with Crippen LogP contribution in [-0.4, -0.2) is 36.7 Å². The first-order chi connectivity index (χ1) is 10.7. The van der Waals surface area contributed by atoms with Crippen LogP contribution in [0, 0.1) is 17.6 Å². The summed E-state index contributed by atoms with van der Waals surface area (Å²) in [5, 5.41) is 3.05. The Morgan fingerprint density at radius 3 is 2.70 bits per heavy atom. The summed E-state index contributed by atoms with van der Waals surface area (Å²) in [6.45, 7) is 6.45. The topological polar surface area (TPSA) is 41.6 Å². The van der Waals surface area contributed by atoms with Crippen molar-refractivity contribution in [3.8, 4) is 0 Å². The first-order valence-corrected chi connectivity index (χ1v) is 7.82. The summed E-state index contributed by atoms with van der Waals surface area (Å²) >= 11 is 0. The highest BCUT2D eigenvalue weighted by Gasteiger charge is 2.35. The summed E-state index contributed by atoms with van der Waals surface area (Å²) in [5.41, 5.74) is -0.254. The second kappa shape index (κ2) is 6.83. The van der Waals surface area contributed by atoms with Crippen molar-refractivity contribution >= 4 is 6.09 Å². The average Bonchev–Trinajstić information content (AvgIpc) is 2.92. The Hall–Kier alpha value is -1.69. The van der Waals surface area contributed by atoms with Gasteiger partial charge >= 0.3 is 6.09 Å². The molecule has 1 aromatic rings. The van der Waals surface area contributed by atoms with Crippen LogP contribution in [0.2, 0.25) is 0 Å². The molecule has 2 unspecified atom stereocenters. The maximum atomic E-state index is 14.1. The van der Waals surface area contributed by atoms with Gasteiger partial charge in [-0.2, -0.15) is 0 Å². The lowest BCUT2D eigenvalue weighted by atomic mass is 9.92. The normalized spacial score (nSPS) is 19.7. The maximum Gasteiger partial charge on any atom is 0.410 e. The molecule has 0 saturated carbocycles. The molecule has 1 aliphatic heterocycles. The molecule has 23 heavy (non-hydrogen) atoms. The second-order valence-corrected chi connectivity index (χ2v) is 6.88. The number of benzene rings is 1. The molecular formula is C17H24F2N2O2. The molecule has 0 radical (unpaired) electrons. The third-order valence-electron chi connectivity index (χ3n) is 3.98. The zero-order valence-corrected chi connectivity index (χ0v) is 14.0. The van der Waals surface area contributed by atoms with Gasteiger partial charge in [0.15, 0.2) is 11.6 Å². The monoisotopic (exact) mass is 326 g/mol. The van der Waals surface area contributed by atoms with Crippen LogP contribution in [0.1, 0.15) is 38.8 Å². The van der Waals surface area contributed by atoms with E-state index in [2.05, 4.69) is 5.32 Å². The molecule has 6 heteroatoms. The molecule has 0 aromatic heterocycles. The summed E-state index contributed by atoms with van der Waals surface area (Å²) in [5.74, 6) is -1.68. The van der Waals surface area contributed by atoms with Crippen LogP contribution in [0.5, 0.6) is 0 Å². The first-order valence-electron chi connectivity index (χ1n) is 7.82. The van der Waals surface area contributed by atoms with E-state index >= 15 is 0 Å². The number of ether oxygens (including phenoxy) is 1. The Labute approximate surface area is 135 Å². The van der Waals surface area contributed by atoms with Crippen LogP contribution >= 0.6 is 0 Å². The fourth-order valence-corrected chi connectivity index (χ4v) is 2.96. The minimum atomic E-state index is -0.857. The van der Waals surface area contributed by atoms with E-state index in [-0.39, 0.29) is 18.1 Å². The third-order valence-corrected chi connectivity index (χ3v) is 3.98. The van der Waals surface area contributed by atoms with Gasteiger partial charge in [-0.1, -0.05) is 12.1 Å². The Balaban J connectivity index is 2.10. The number of likely N-dealkylation sites (tertiary alicyclic amines) is 1. The van der Waals surface area contributed by atoms with E-state index in [1.165, 1.54) is 6.07 Å². The Morgan fingerprint density at radius 2 is 2.09 bits per heavy atom. The summed E-state index contributed by atoms with van der Waals surface area (Å²) in [6, 6.07) is 3.83. The Kier molecular flexibility index (Phi) is 5.24. The Morgan fingerprint density at radius 1 is 1.39 bits per heavy atom. The number of amides is 1. The molecular weight excluding hydrogens is 302 g/mol. The van der Waals surface area contributed by atoms with Gasteiger partial charge in [-0.3, -0.25) is 0 Å². The van der Waals surface area contributed by atoms with Gasteiger partial charge in [0.25, 0.3) is 0 Å². The zero-order valence-electron chi connectivity index (χ0n) is 14.0. The molecule has 1 N–H and O–H groups in total. The van der Waals surface area contributed by atoms with Crippen molar-refractivity contribution in [1.82, 2.24) is 10.2 Å². The van der Waals surface area contributed by atoms with Crippen LogP contribution in [-0.2, 0) is 4.74 Å². The highest BCUT2D eigenvalue weighted by atomic mass is 19.2. The van der Waals surface area contributed by atoms with Crippen molar-refractivity contribution in [1.29, 1.82) is 0 Å². The Bertz CT molecular complexity index is 572. The summed E-state index contributed by atoms with van der Waals surface area (Å²) < 4.78 is 32.9. The van der Waals surface area contributed by atoms with Crippen molar-refractivity contribution in [3.63, 3.8) is 0 Å². The van der Waals surface area contributed by atoms with Gasteiger partial charge in [0.1, 0.15) is 5.60 Å². The molecule has 1 fully saturated rings. The summed E-state index contributed by atoms with van der Waals surface area (Å²) in [6.07, 6.45) is 0.343. The van der Waals surface area contributed by atoms with E-state index in [1.807, 2.05) is 20.8 Å². The van der Waals surface area contributed by atoms with Gasteiger partial charge in [-0.25, -0.2) is 13.6 Å². The van der Waals surface area contributed by atoms with Crippen molar-refractivity contribution in [2.75, 3.05) is 20.1 Å². The van der Waals surface area contributed by atoms with Crippen molar-refractivity contribution < 1.29 is 18.3 Å². The van der Waals surface area contributed by atoms with Crippen molar-refractivity contribution in [2.24, 2.45) is 5.92 Å². The summed E-state index contributed by atoms with van der Waals surface area (Å²) in [4.78, 5) is 13.7. The van der Waals surface area contributed by atoms with Crippen LogP contribution in [0.15, 0.2) is 18.2 Å². The van der Waals surface area contributed by atoms with E-state index in [9.17, 15) is 13.6 Å². The highest BCUT2D eigenvalue weighted by Crippen LogP contribution is 2.32. The molecule has 1 heterocycles. The lowest BCUT2D eigenvalue weighted by molar-refractivity contribution is 0.0285. The second-order valence-electron chi connectivity index (χ2n) is 6.88. The van der Waals surface area contributed by atoms with E-state index in [4.69, 9.17) is 4.74 Å². The van der Waals surface area contributed by atoms with Crippen molar-refractivity contribution in [2.45, 2.75) is 38.8 Å². The predicted molar refractivity (Wildman–Crippen MR) is 84.1 cm³/mol. The lowest BCUT2D eigenvalue weighted by Gasteiger charge is -2.26. The molecule has 1 saturated heterocycles. The van der Waals surface area contributed by atoms with Gasteiger partial charge in [0, 0.05) is 24.7 Å². The maximum absolute atomic E-state index is 14.1. The molecule has 2 rings (SSSR count). The molecule has 1 aromatic carbocycles. The lowest BCUT2D eigenvalue weighted by Crippen LogP contribution is -2.36. The number of carbonyl (C=O) groups excluding carboxylic acids is 1. The molecule has 4 nitrogen and oxygen atoms in total. The van der Waals surface area contributed by atoms with E-state index in [0.29, 0.717) is 25.1 Å². The van der Waals surface area contributed by atoms with Gasteiger partial charge < -0.3 is 15.0 Å². The van der Waals surface area contributed by atoms with Gasteiger partial charge in [0.2, 0.25) is 0 Å². The average molecular weight is 326 g/mol. The largest absolute Gasteiger partial charge is 0.444 e. The van der Waals surface area contributed by atoms with Crippen LogP contribution in [0.3, 0.4) is 0 Å². The number of hydrogen-bond donors (Lipinski definition) is 1. The number of hydrogen-bond acceptors (Lipinski definition) is 3. The van der Waals surface area contributed by atoms with Crippen LogP contribution in [0.4, 0.5) is 13.6 Å². The minimum Gasteiger partial charge on any atom is -0.444 e. The predicted octanol–water partition coefficient (Wildman–Crippen LogP) is 3.48. The minimum absolute atomic E-state index is 0.00354. The SMILES string of the molecule is CNC(c1cccc(F)c1F)C1CCN(C(=O)OC(C)(C)C)C1. The molecule has 0 bridgehead atoms. The van der Waals surface area contributed by atoms with Crippen LogP contribution in [0.25, 0.3) is 0 Å². The number of rotatable bonds is 3. The molecule has 0 spiro atoms. The van der Waals surface area contributed by atoms with Gasteiger partial charge in [-0.15, -0.1) is 0 Å². The zero-order chi connectivity index (χ0) is 17.2. The molecule has 2 atom stereocenters. The fraction of sp³-hybridized carbons (Fsp3) is 0.588. The van der Waals surface area contributed by atoms with Gasteiger partial charge in [0.05, 0.1) is 0 Å². The standard InChI is InChI=1S/C17H24F2N2O2/c1-17(2,3)23-16(22)21-9-8-11(10-21)15(20-4)12-6-5-7-13(18)14(12)19/h5-7,11,15,20H,8-10H2,1-4H3. The quantitative estimate of drug-likeness (QED) is 0.924. The smallest absolute Gasteiger partial charge is 0.410 e. The number of nitrogens with one attached hydrogen (secondary N) is 1. The number of halogens is 2. The van der Waals surface area contributed by atoms with E-state index < -0.39 is 17.2 Å². The van der Waals surface area contributed by atoms with E-state index in [0.717, 1.165) is 6.07 Å². The fourth-order valence-electron chi connectivity index (χ4n) is 2.96. The first kappa shape index (κ1) is 17.7. The van der Waals surface area contributed by atoms with Crippen LogP contribution < -0.4 is 5.32 Å². The number of carbonyl (C=O) groups is 1. The third kappa shape index (κ3) is 4.19.